The Morgan fingerprint density at radius 3 is 2.79 bits per heavy atom. The van der Waals surface area contributed by atoms with Crippen LogP contribution in [0.1, 0.15) is 29.4 Å². The van der Waals surface area contributed by atoms with Gasteiger partial charge in [-0.25, -0.2) is 0 Å². The normalized spacial score (nSPS) is 14.6. The van der Waals surface area contributed by atoms with Gasteiger partial charge in [-0.3, -0.25) is 9.36 Å². The Morgan fingerprint density at radius 2 is 2.14 bits per heavy atom. The fraction of sp³-hybridized carbons (Fsp3) is 0.286. The molecule has 1 aliphatic carbocycles. The molecule has 1 saturated carbocycles. The molecule has 3 aromatic rings. The van der Waals surface area contributed by atoms with Crippen LogP contribution in [0, 0.1) is 6.92 Å². The van der Waals surface area contributed by atoms with Crippen LogP contribution in [-0.4, -0.2) is 26.7 Å². The van der Waals surface area contributed by atoms with Gasteiger partial charge in [0.2, 0.25) is 5.91 Å². The van der Waals surface area contributed by atoms with Crippen molar-refractivity contribution in [1.29, 1.82) is 0 Å². The summed E-state index contributed by atoms with van der Waals surface area (Å²) in [6, 6.07) is 12.0. The van der Waals surface area contributed by atoms with Crippen molar-refractivity contribution in [3.05, 3.63) is 66.6 Å². The molecule has 1 aliphatic rings. The molecule has 0 radical (unpaired) electrons. The number of hydrogen-bond donors (Lipinski definition) is 1. The number of hydrogen-bond acceptors (Lipinski definition) is 5. The zero-order valence-electron chi connectivity index (χ0n) is 15.7. The van der Waals surface area contributed by atoms with Crippen LogP contribution in [-0.2, 0) is 11.3 Å². The Bertz CT molecular complexity index is 975. The second-order valence-corrected chi connectivity index (χ2v) is 7.86. The summed E-state index contributed by atoms with van der Waals surface area (Å²) in [7, 11) is 0. The molecule has 0 saturated heterocycles. The van der Waals surface area contributed by atoms with Crippen LogP contribution < -0.4 is 5.32 Å². The maximum absolute atomic E-state index is 12.9. The van der Waals surface area contributed by atoms with Gasteiger partial charge in [0, 0.05) is 12.6 Å². The third-order valence-corrected chi connectivity index (χ3v) is 5.85. The number of benzene rings is 1. The summed E-state index contributed by atoms with van der Waals surface area (Å²) in [5.74, 6) is 1.50. The van der Waals surface area contributed by atoms with Crippen LogP contribution in [0.25, 0.3) is 11.4 Å². The zero-order chi connectivity index (χ0) is 19.5. The number of nitrogens with zero attached hydrogens (tertiary/aromatic N) is 3. The summed E-state index contributed by atoms with van der Waals surface area (Å²) in [5, 5.41) is 12.1. The van der Waals surface area contributed by atoms with E-state index < -0.39 is 5.25 Å². The Labute approximate surface area is 168 Å². The lowest BCUT2D eigenvalue weighted by atomic mass is 10.1. The van der Waals surface area contributed by atoms with Crippen LogP contribution in [0.3, 0.4) is 0 Å². The highest BCUT2D eigenvalue weighted by Crippen LogP contribution is 2.37. The van der Waals surface area contributed by atoms with Crippen molar-refractivity contribution in [2.45, 2.75) is 42.8 Å². The molecule has 0 bridgehead atoms. The molecule has 144 valence electrons. The van der Waals surface area contributed by atoms with Crippen molar-refractivity contribution in [2.75, 3.05) is 0 Å². The highest BCUT2D eigenvalue weighted by atomic mass is 32.2. The molecule has 1 aromatic carbocycles. The summed E-state index contributed by atoms with van der Waals surface area (Å²) in [6.45, 7) is 6.29. The molecule has 4 rings (SSSR count). The molecule has 1 atom stereocenters. The first-order valence-corrected chi connectivity index (χ1v) is 10.2. The quantitative estimate of drug-likeness (QED) is 0.459. The lowest BCUT2D eigenvalue weighted by molar-refractivity contribution is -0.120. The first kappa shape index (κ1) is 18.6. The lowest BCUT2D eigenvalue weighted by Gasteiger charge is -2.17. The van der Waals surface area contributed by atoms with Crippen LogP contribution in [0.2, 0.25) is 0 Å². The molecule has 1 amide bonds. The third kappa shape index (κ3) is 3.89. The maximum atomic E-state index is 12.9. The molecule has 0 aliphatic heterocycles. The molecule has 1 N–H and O–H groups in total. The second kappa shape index (κ2) is 8.06. The minimum absolute atomic E-state index is 0.00731. The van der Waals surface area contributed by atoms with Crippen molar-refractivity contribution in [1.82, 2.24) is 20.1 Å². The van der Waals surface area contributed by atoms with Crippen molar-refractivity contribution >= 4 is 17.7 Å². The number of allylic oxidation sites excluding steroid dienone is 1. The molecule has 7 heteroatoms. The number of amides is 1. The van der Waals surface area contributed by atoms with E-state index in [0.717, 1.165) is 29.7 Å². The van der Waals surface area contributed by atoms with E-state index in [1.807, 2.05) is 47.9 Å². The van der Waals surface area contributed by atoms with Crippen LogP contribution in [0.15, 0.2) is 64.9 Å². The fourth-order valence-electron chi connectivity index (χ4n) is 3.00. The number of carbonyl (C=O) groups is 1. The lowest BCUT2D eigenvalue weighted by Crippen LogP contribution is -2.30. The van der Waals surface area contributed by atoms with E-state index in [1.54, 1.807) is 12.3 Å². The number of aryl methyl sites for hydroxylation is 1. The molecule has 2 heterocycles. The van der Waals surface area contributed by atoms with Gasteiger partial charge < -0.3 is 9.73 Å². The average molecular weight is 395 g/mol. The highest BCUT2D eigenvalue weighted by Gasteiger charge is 2.30. The second-order valence-electron chi connectivity index (χ2n) is 6.79. The topological polar surface area (TPSA) is 73.0 Å². The molecule has 6 nitrogen and oxygen atoms in total. The predicted molar refractivity (Wildman–Crippen MR) is 109 cm³/mol. The maximum Gasteiger partial charge on any atom is 0.238 e. The van der Waals surface area contributed by atoms with Gasteiger partial charge in [-0.1, -0.05) is 48.2 Å². The van der Waals surface area contributed by atoms with Gasteiger partial charge in [-0.15, -0.1) is 16.8 Å². The first-order chi connectivity index (χ1) is 13.7. The third-order valence-electron chi connectivity index (χ3n) is 4.62. The van der Waals surface area contributed by atoms with Gasteiger partial charge in [-0.05, 0) is 31.4 Å². The summed E-state index contributed by atoms with van der Waals surface area (Å²) in [6.07, 6.45) is 5.54. The highest BCUT2D eigenvalue weighted by molar-refractivity contribution is 8.00. The Morgan fingerprint density at radius 1 is 1.36 bits per heavy atom. The fourth-order valence-corrected chi connectivity index (χ4v) is 4.05. The Balaban J connectivity index is 1.68. The van der Waals surface area contributed by atoms with E-state index >= 15 is 0 Å². The first-order valence-electron chi connectivity index (χ1n) is 9.28. The predicted octanol–water partition coefficient (Wildman–Crippen LogP) is 4.14. The molecule has 2 aromatic heterocycles. The molecule has 0 unspecified atom stereocenters. The van der Waals surface area contributed by atoms with E-state index in [4.69, 9.17) is 4.42 Å². The number of thioether (sulfide) groups is 1. The SMILES string of the molecule is C=CCn1c(S[C@@H](C(=O)NC2CC2)c2ccccc2)nnc1-c1ccoc1C. The number of carbonyl (C=O) groups excluding carboxylic acids is 1. The largest absolute Gasteiger partial charge is 0.469 e. The van der Waals surface area contributed by atoms with Gasteiger partial charge in [0.1, 0.15) is 11.0 Å². The molecule has 28 heavy (non-hydrogen) atoms. The van der Waals surface area contributed by atoms with E-state index in [9.17, 15) is 4.79 Å². The van der Waals surface area contributed by atoms with E-state index in [0.29, 0.717) is 23.6 Å². The number of aromatic nitrogens is 3. The van der Waals surface area contributed by atoms with E-state index in [-0.39, 0.29) is 5.91 Å². The van der Waals surface area contributed by atoms with Crippen LogP contribution in [0.5, 0.6) is 0 Å². The van der Waals surface area contributed by atoms with Crippen molar-refractivity contribution in [2.24, 2.45) is 0 Å². The van der Waals surface area contributed by atoms with Gasteiger partial charge >= 0.3 is 0 Å². The van der Waals surface area contributed by atoms with E-state index in [1.165, 1.54) is 11.8 Å². The van der Waals surface area contributed by atoms with Crippen molar-refractivity contribution < 1.29 is 9.21 Å². The molecule has 0 spiro atoms. The minimum atomic E-state index is -0.395. The molecule has 1 fully saturated rings. The summed E-state index contributed by atoms with van der Waals surface area (Å²) >= 11 is 1.41. The molecular weight excluding hydrogens is 372 g/mol. The molecular formula is C21H22N4O2S. The average Bonchev–Trinajstić information content (AvgIpc) is 3.28. The Kier molecular flexibility index (Phi) is 5.34. The van der Waals surface area contributed by atoms with Gasteiger partial charge in [0.15, 0.2) is 11.0 Å². The monoisotopic (exact) mass is 394 g/mol. The minimum Gasteiger partial charge on any atom is -0.469 e. The van der Waals surface area contributed by atoms with Crippen LogP contribution >= 0.6 is 11.8 Å². The Hall–Kier alpha value is -2.80. The smallest absolute Gasteiger partial charge is 0.238 e. The summed E-state index contributed by atoms with van der Waals surface area (Å²) < 4.78 is 7.39. The van der Waals surface area contributed by atoms with Gasteiger partial charge in [0.05, 0.1) is 11.8 Å². The number of nitrogens with one attached hydrogen (secondary N) is 1. The van der Waals surface area contributed by atoms with Crippen molar-refractivity contribution in [3.8, 4) is 11.4 Å². The summed E-state index contributed by atoms with van der Waals surface area (Å²) in [5.41, 5.74) is 1.83. The van der Waals surface area contributed by atoms with Gasteiger partial charge in [-0.2, -0.15) is 0 Å². The van der Waals surface area contributed by atoms with Crippen molar-refractivity contribution in [3.63, 3.8) is 0 Å². The number of furan rings is 1. The van der Waals surface area contributed by atoms with Gasteiger partial charge in [0.25, 0.3) is 0 Å². The zero-order valence-corrected chi connectivity index (χ0v) is 16.5. The van der Waals surface area contributed by atoms with Crippen LogP contribution in [0.4, 0.5) is 0 Å². The summed E-state index contributed by atoms with van der Waals surface area (Å²) in [4.78, 5) is 12.9. The standard InChI is InChI=1S/C21H22N4O2S/c1-3-12-25-19(17-11-13-27-14(17)2)23-24-21(25)28-18(15-7-5-4-6-8-15)20(26)22-16-9-10-16/h3-8,11,13,16,18H,1,9-10,12H2,2H3,(H,22,26)/t18-/m1/s1. The number of rotatable bonds is 8. The van der Waals surface area contributed by atoms with E-state index in [2.05, 4.69) is 22.1 Å².